The Kier molecular flexibility index (Phi) is 6.60. The largest absolute Gasteiger partial charge is 0.440 e. The first kappa shape index (κ1) is 21.0. The van der Waals surface area contributed by atoms with E-state index in [0.717, 1.165) is 1.59 Å². The maximum absolute atomic E-state index is 12.7. The highest BCUT2D eigenvalue weighted by atomic mass is 127. The van der Waals surface area contributed by atoms with Crippen LogP contribution in [0.5, 0.6) is 11.6 Å². The van der Waals surface area contributed by atoms with Crippen LogP contribution in [-0.4, -0.2) is 11.0 Å². The van der Waals surface area contributed by atoms with Gasteiger partial charge >= 0.3 is 5.97 Å². The fraction of sp³-hybridized carbons (Fsp3) is 0.286. The van der Waals surface area contributed by atoms with Gasteiger partial charge in [-0.25, -0.2) is 4.98 Å². The van der Waals surface area contributed by atoms with E-state index in [2.05, 4.69) is 56.2 Å². The molecular weight excluding hydrogens is 582 g/mol. The van der Waals surface area contributed by atoms with Gasteiger partial charge in [0.1, 0.15) is 11.8 Å². The molecule has 1 aromatic heterocycles. The van der Waals surface area contributed by atoms with Crippen LogP contribution in [0.4, 0.5) is 0 Å². The number of aromatic nitrogens is 1. The summed E-state index contributed by atoms with van der Waals surface area (Å²) in [6.07, 6.45) is 0.993. The smallest absolute Gasteiger partial charge is 0.311 e. The van der Waals surface area contributed by atoms with Crippen LogP contribution in [0.25, 0.3) is 0 Å². The molecule has 0 saturated heterocycles. The first-order chi connectivity index (χ1) is 13.3. The zero-order valence-corrected chi connectivity index (χ0v) is 19.6. The highest BCUT2D eigenvalue weighted by Gasteiger charge is 2.61. The van der Waals surface area contributed by atoms with Gasteiger partial charge in [0.25, 0.3) is 0 Å². The molecule has 0 N–H and O–H groups in total. The van der Waals surface area contributed by atoms with Crippen molar-refractivity contribution >= 4 is 51.2 Å². The van der Waals surface area contributed by atoms with Gasteiger partial charge in [-0.05, 0) is 74.7 Å². The number of ether oxygens (including phenoxy) is 2. The molecule has 3 rings (SSSR count). The monoisotopic (exact) mass is 600 g/mol. The van der Waals surface area contributed by atoms with Crippen LogP contribution in [0.2, 0.25) is 0 Å². The summed E-state index contributed by atoms with van der Waals surface area (Å²) in [5.41, 5.74) is 0.169. The summed E-state index contributed by atoms with van der Waals surface area (Å²) in [5.74, 6) is 0.464. The molecular formula is C21H18I2N2O3. The van der Waals surface area contributed by atoms with Crippen molar-refractivity contribution in [1.82, 2.24) is 4.98 Å². The molecule has 1 fully saturated rings. The normalized spacial score (nSPS) is 20.4. The van der Waals surface area contributed by atoms with Crippen LogP contribution in [0.3, 0.4) is 0 Å². The van der Waals surface area contributed by atoms with Crippen LogP contribution < -0.4 is 4.74 Å². The summed E-state index contributed by atoms with van der Waals surface area (Å²) in [5, 5.41) is 9.53. The molecule has 3 atom stereocenters. The van der Waals surface area contributed by atoms with Crippen molar-refractivity contribution in [2.75, 3.05) is 0 Å². The molecule has 1 saturated carbocycles. The fourth-order valence-electron chi connectivity index (χ4n) is 3.16. The molecule has 1 aliphatic carbocycles. The molecule has 7 heteroatoms. The van der Waals surface area contributed by atoms with Gasteiger partial charge in [-0.3, -0.25) is 4.79 Å². The number of allylic oxidation sites excluding steroid dienone is 1. The fourth-order valence-corrected chi connectivity index (χ4v) is 3.93. The number of carbonyl (C=O) groups is 1. The van der Waals surface area contributed by atoms with E-state index in [0.29, 0.717) is 17.3 Å². The van der Waals surface area contributed by atoms with Crippen molar-refractivity contribution in [1.29, 1.82) is 5.26 Å². The molecule has 1 aromatic carbocycles. The Morgan fingerprint density at radius 2 is 1.93 bits per heavy atom. The first-order valence-corrected chi connectivity index (χ1v) is 10.8. The van der Waals surface area contributed by atoms with Gasteiger partial charge in [-0.15, -0.1) is 0 Å². The number of pyridine rings is 1. The van der Waals surface area contributed by atoms with Crippen LogP contribution in [-0.2, 0) is 9.53 Å². The minimum absolute atomic E-state index is 0.115. The lowest BCUT2D eigenvalue weighted by Crippen LogP contribution is -2.15. The topological polar surface area (TPSA) is 72.2 Å². The zero-order chi connectivity index (χ0) is 20.3. The Morgan fingerprint density at radius 3 is 2.57 bits per heavy atom. The zero-order valence-electron chi connectivity index (χ0n) is 15.3. The Hall–Kier alpha value is -1.67. The summed E-state index contributed by atoms with van der Waals surface area (Å²) in [4.78, 5) is 17.0. The number of hydrogen-bond donors (Lipinski definition) is 0. The molecule has 2 aromatic rings. The van der Waals surface area contributed by atoms with Gasteiger partial charge in [0.15, 0.2) is 0 Å². The predicted octanol–water partition coefficient (Wildman–Crippen LogP) is 5.97. The second-order valence-corrected chi connectivity index (χ2v) is 11.4. The molecule has 0 aliphatic heterocycles. The number of hydrogen-bond acceptors (Lipinski definition) is 5. The summed E-state index contributed by atoms with van der Waals surface area (Å²) in [7, 11) is 0. The number of nitriles is 1. The number of esters is 1. The molecule has 144 valence electrons. The molecule has 0 amide bonds. The maximum Gasteiger partial charge on any atom is 0.311 e. The Morgan fingerprint density at radius 1 is 1.21 bits per heavy atom. The number of carbonyl (C=O) groups excluding carboxylic acids is 1. The van der Waals surface area contributed by atoms with Crippen molar-refractivity contribution in [3.8, 4) is 17.7 Å². The van der Waals surface area contributed by atoms with E-state index in [1.165, 1.54) is 0 Å². The second kappa shape index (κ2) is 8.78. The molecule has 1 aliphatic rings. The van der Waals surface area contributed by atoms with Crippen molar-refractivity contribution in [2.45, 2.75) is 20.0 Å². The van der Waals surface area contributed by atoms with E-state index in [9.17, 15) is 10.1 Å². The second-order valence-electron chi connectivity index (χ2n) is 7.04. The summed E-state index contributed by atoms with van der Waals surface area (Å²) in [6.45, 7) is 4.06. The summed E-state index contributed by atoms with van der Waals surface area (Å²) >= 11 is 4.44. The van der Waals surface area contributed by atoms with Crippen molar-refractivity contribution in [2.24, 2.45) is 17.3 Å². The van der Waals surface area contributed by atoms with Crippen LogP contribution in [0.15, 0.2) is 56.2 Å². The lowest BCUT2D eigenvalue weighted by molar-refractivity contribution is -0.149. The molecule has 28 heavy (non-hydrogen) atoms. The summed E-state index contributed by atoms with van der Waals surface area (Å²) < 4.78 is 12.3. The van der Waals surface area contributed by atoms with Crippen molar-refractivity contribution in [3.63, 3.8) is 0 Å². The number of halogens is 2. The molecule has 1 heterocycles. The van der Waals surface area contributed by atoms with Gasteiger partial charge in [0, 0.05) is 7.65 Å². The predicted molar refractivity (Wildman–Crippen MR) is 122 cm³/mol. The molecule has 5 nitrogen and oxygen atoms in total. The quantitative estimate of drug-likeness (QED) is 0.302. The molecule has 0 radical (unpaired) electrons. The highest BCUT2D eigenvalue weighted by Crippen LogP contribution is 2.60. The maximum atomic E-state index is 12.7. The van der Waals surface area contributed by atoms with Gasteiger partial charge in [0.2, 0.25) is 12.0 Å². The van der Waals surface area contributed by atoms with Crippen LogP contribution >= 0.6 is 45.2 Å². The summed E-state index contributed by atoms with van der Waals surface area (Å²) in [6, 6.07) is 16.3. The van der Waals surface area contributed by atoms with Crippen molar-refractivity contribution in [3.05, 3.63) is 61.9 Å². The van der Waals surface area contributed by atoms with E-state index in [4.69, 9.17) is 9.47 Å². The minimum atomic E-state index is -1.08. The van der Waals surface area contributed by atoms with Gasteiger partial charge in [-0.1, -0.05) is 44.2 Å². The van der Waals surface area contributed by atoms with E-state index >= 15 is 0 Å². The van der Waals surface area contributed by atoms with E-state index in [1.807, 2.05) is 50.2 Å². The van der Waals surface area contributed by atoms with E-state index in [1.54, 1.807) is 18.2 Å². The van der Waals surface area contributed by atoms with Gasteiger partial charge < -0.3 is 9.47 Å². The number of rotatable bonds is 6. The average molecular weight is 600 g/mol. The number of benzene rings is 1. The third kappa shape index (κ3) is 4.84. The highest BCUT2D eigenvalue weighted by molar-refractivity contribution is 14.2. The average Bonchev–Trinajstić information content (AvgIpc) is 3.20. The lowest BCUT2D eigenvalue weighted by atomic mass is 10.1. The SMILES string of the molecule is CC1(C)[C@H](C=C(I)I)[C@H]1C(=O)OC(C#N)c1cccc(Oc2ccccc2)n1. The third-order valence-electron chi connectivity index (χ3n) is 4.80. The molecule has 0 spiro atoms. The van der Waals surface area contributed by atoms with Crippen LogP contribution in [0.1, 0.15) is 25.6 Å². The third-order valence-corrected chi connectivity index (χ3v) is 5.52. The van der Waals surface area contributed by atoms with Gasteiger partial charge in [0.05, 0.1) is 11.6 Å². The van der Waals surface area contributed by atoms with E-state index < -0.39 is 6.10 Å². The molecule has 0 bridgehead atoms. The van der Waals surface area contributed by atoms with E-state index in [-0.39, 0.29) is 23.2 Å². The standard InChI is InChI=1S/C21H18I2N2O3/c1-21(2)14(11-17(22)23)19(21)20(26)28-16(12-24)15-9-6-10-18(25-15)27-13-7-4-3-5-8-13/h3-11,14,16,19H,1-2H3/t14-,16?,19+/m1/s1. The minimum Gasteiger partial charge on any atom is -0.440 e. The molecule has 1 unspecified atom stereocenters. The number of para-hydroxylation sites is 1. The van der Waals surface area contributed by atoms with Crippen LogP contribution in [0, 0.1) is 28.6 Å². The lowest BCUT2D eigenvalue weighted by Gasteiger charge is -2.12. The Balaban J connectivity index is 1.72. The number of nitrogens with zero attached hydrogens (tertiary/aromatic N) is 2. The van der Waals surface area contributed by atoms with Crippen molar-refractivity contribution < 1.29 is 14.3 Å². The Bertz CT molecular complexity index is 934. The Labute approximate surface area is 191 Å². The van der Waals surface area contributed by atoms with Gasteiger partial charge in [-0.2, -0.15) is 5.26 Å². The first-order valence-electron chi connectivity index (χ1n) is 8.65.